The predicted octanol–water partition coefficient (Wildman–Crippen LogP) is 2.34. The molecular formula is C13H20BrFN2O. The van der Waals surface area contributed by atoms with E-state index in [1.165, 1.54) is 6.07 Å². The van der Waals surface area contributed by atoms with Crippen LogP contribution in [0.2, 0.25) is 0 Å². The number of nitrogens with two attached hydrogens (primary N) is 1. The van der Waals surface area contributed by atoms with Crippen LogP contribution < -0.4 is 11.1 Å². The minimum atomic E-state index is -0.248. The van der Waals surface area contributed by atoms with Crippen LogP contribution in [0.25, 0.3) is 0 Å². The molecule has 0 amide bonds. The third kappa shape index (κ3) is 5.02. The molecule has 1 unspecified atom stereocenters. The largest absolute Gasteiger partial charge is 0.396 e. The summed E-state index contributed by atoms with van der Waals surface area (Å²) < 4.78 is 14.5. The van der Waals surface area contributed by atoms with E-state index in [0.29, 0.717) is 12.1 Å². The molecule has 1 aromatic rings. The van der Waals surface area contributed by atoms with Gasteiger partial charge in [-0.25, -0.2) is 4.39 Å². The highest BCUT2D eigenvalue weighted by Gasteiger charge is 2.13. The van der Waals surface area contributed by atoms with Gasteiger partial charge in [-0.1, -0.05) is 22.0 Å². The van der Waals surface area contributed by atoms with Crippen molar-refractivity contribution in [1.29, 1.82) is 0 Å². The van der Waals surface area contributed by atoms with Crippen LogP contribution in [-0.4, -0.2) is 24.8 Å². The number of unbranched alkanes of at least 4 members (excludes halogenated alkanes) is 2. The number of benzene rings is 1. The lowest BCUT2D eigenvalue weighted by Gasteiger charge is -2.18. The summed E-state index contributed by atoms with van der Waals surface area (Å²) in [5.74, 6) is -0.248. The van der Waals surface area contributed by atoms with Crippen LogP contribution in [0.3, 0.4) is 0 Å². The number of rotatable bonds is 8. The zero-order chi connectivity index (χ0) is 13.4. The van der Waals surface area contributed by atoms with E-state index in [0.717, 1.165) is 30.3 Å². The minimum Gasteiger partial charge on any atom is -0.396 e. The van der Waals surface area contributed by atoms with Crippen molar-refractivity contribution in [3.05, 3.63) is 34.1 Å². The van der Waals surface area contributed by atoms with Crippen LogP contribution in [0.4, 0.5) is 4.39 Å². The molecule has 0 heterocycles. The van der Waals surface area contributed by atoms with Crippen LogP contribution in [0.1, 0.15) is 30.9 Å². The second-order valence-electron chi connectivity index (χ2n) is 4.19. The summed E-state index contributed by atoms with van der Waals surface area (Å²) in [6.07, 6.45) is 2.72. The van der Waals surface area contributed by atoms with Gasteiger partial charge < -0.3 is 16.2 Å². The van der Waals surface area contributed by atoms with Gasteiger partial charge in [-0.15, -0.1) is 0 Å². The monoisotopic (exact) mass is 318 g/mol. The number of aliphatic hydroxyl groups is 1. The lowest BCUT2D eigenvalue weighted by atomic mass is 10.1. The van der Waals surface area contributed by atoms with Crippen molar-refractivity contribution in [2.24, 2.45) is 5.73 Å². The van der Waals surface area contributed by atoms with E-state index in [9.17, 15) is 4.39 Å². The van der Waals surface area contributed by atoms with Crippen molar-refractivity contribution in [1.82, 2.24) is 5.32 Å². The molecule has 0 spiro atoms. The molecule has 1 aromatic carbocycles. The molecule has 3 nitrogen and oxygen atoms in total. The third-order valence-corrected chi connectivity index (χ3v) is 3.29. The Morgan fingerprint density at radius 2 is 2.11 bits per heavy atom. The van der Waals surface area contributed by atoms with Gasteiger partial charge in [0.15, 0.2) is 0 Å². The summed E-state index contributed by atoms with van der Waals surface area (Å²) in [5.41, 5.74) is 6.27. The van der Waals surface area contributed by atoms with Crippen molar-refractivity contribution in [3.8, 4) is 0 Å². The van der Waals surface area contributed by atoms with Crippen molar-refractivity contribution in [2.45, 2.75) is 25.3 Å². The van der Waals surface area contributed by atoms with Gasteiger partial charge in [0.25, 0.3) is 0 Å². The van der Waals surface area contributed by atoms with Crippen molar-refractivity contribution >= 4 is 15.9 Å². The summed E-state index contributed by atoms with van der Waals surface area (Å²) in [4.78, 5) is 0. The Kier molecular flexibility index (Phi) is 7.42. The molecule has 0 saturated carbocycles. The molecule has 0 aliphatic carbocycles. The first-order valence-electron chi connectivity index (χ1n) is 6.18. The normalized spacial score (nSPS) is 12.7. The maximum atomic E-state index is 13.8. The van der Waals surface area contributed by atoms with Gasteiger partial charge in [-0.3, -0.25) is 0 Å². The third-order valence-electron chi connectivity index (χ3n) is 2.80. The van der Waals surface area contributed by atoms with Gasteiger partial charge >= 0.3 is 0 Å². The topological polar surface area (TPSA) is 58.3 Å². The van der Waals surface area contributed by atoms with Gasteiger partial charge in [0, 0.05) is 29.2 Å². The van der Waals surface area contributed by atoms with Gasteiger partial charge in [-0.2, -0.15) is 0 Å². The summed E-state index contributed by atoms with van der Waals surface area (Å²) >= 11 is 3.23. The molecule has 1 rings (SSSR count). The Hall–Kier alpha value is -0.490. The van der Waals surface area contributed by atoms with Gasteiger partial charge in [0.1, 0.15) is 5.82 Å². The maximum absolute atomic E-state index is 13.8. The zero-order valence-corrected chi connectivity index (χ0v) is 11.9. The molecule has 1 atom stereocenters. The van der Waals surface area contributed by atoms with E-state index >= 15 is 0 Å². The molecule has 0 radical (unpaired) electrons. The van der Waals surface area contributed by atoms with Crippen LogP contribution in [-0.2, 0) is 0 Å². The number of hydrogen-bond donors (Lipinski definition) is 3. The van der Waals surface area contributed by atoms with E-state index in [1.807, 2.05) is 6.07 Å². The fourth-order valence-corrected chi connectivity index (χ4v) is 2.13. The molecule has 18 heavy (non-hydrogen) atoms. The Bertz CT molecular complexity index is 363. The second-order valence-corrected chi connectivity index (χ2v) is 5.11. The fraction of sp³-hybridized carbons (Fsp3) is 0.538. The summed E-state index contributed by atoms with van der Waals surface area (Å²) in [6.45, 7) is 1.36. The van der Waals surface area contributed by atoms with E-state index in [2.05, 4.69) is 21.2 Å². The average molecular weight is 319 g/mol. The Morgan fingerprint density at radius 3 is 2.72 bits per heavy atom. The van der Waals surface area contributed by atoms with Crippen LogP contribution in [0, 0.1) is 5.82 Å². The first-order valence-corrected chi connectivity index (χ1v) is 6.97. The van der Waals surface area contributed by atoms with E-state index in [1.54, 1.807) is 6.07 Å². The van der Waals surface area contributed by atoms with E-state index in [4.69, 9.17) is 10.8 Å². The summed E-state index contributed by atoms with van der Waals surface area (Å²) in [5, 5.41) is 11.9. The van der Waals surface area contributed by atoms with E-state index < -0.39 is 0 Å². The van der Waals surface area contributed by atoms with Crippen LogP contribution in [0.15, 0.2) is 22.7 Å². The van der Waals surface area contributed by atoms with Gasteiger partial charge in [-0.05, 0) is 37.9 Å². The molecule has 0 aliphatic rings. The average Bonchev–Trinajstić information content (AvgIpc) is 2.35. The summed E-state index contributed by atoms with van der Waals surface area (Å²) in [6, 6.07) is 4.85. The van der Waals surface area contributed by atoms with E-state index in [-0.39, 0.29) is 18.5 Å². The number of aliphatic hydroxyl groups excluding tert-OH is 1. The lowest BCUT2D eigenvalue weighted by molar-refractivity contribution is 0.282. The fourth-order valence-electron chi connectivity index (χ4n) is 1.79. The zero-order valence-electron chi connectivity index (χ0n) is 10.3. The highest BCUT2D eigenvalue weighted by molar-refractivity contribution is 9.10. The van der Waals surface area contributed by atoms with Gasteiger partial charge in [0.2, 0.25) is 0 Å². The SMILES string of the molecule is NCC(NCCCCCO)c1ccc(Br)cc1F. The number of halogens is 2. The molecule has 102 valence electrons. The van der Waals surface area contributed by atoms with Crippen molar-refractivity contribution in [2.75, 3.05) is 19.7 Å². The molecule has 0 aromatic heterocycles. The predicted molar refractivity (Wildman–Crippen MR) is 74.8 cm³/mol. The smallest absolute Gasteiger partial charge is 0.129 e. The number of hydrogen-bond acceptors (Lipinski definition) is 3. The highest BCUT2D eigenvalue weighted by Crippen LogP contribution is 2.20. The molecule has 0 saturated heterocycles. The van der Waals surface area contributed by atoms with Gasteiger partial charge in [0.05, 0.1) is 0 Å². The quantitative estimate of drug-likeness (QED) is 0.645. The number of nitrogens with one attached hydrogen (secondary N) is 1. The molecule has 0 bridgehead atoms. The molecule has 0 fully saturated rings. The second kappa shape index (κ2) is 8.58. The Labute approximate surface area is 116 Å². The first kappa shape index (κ1) is 15.6. The maximum Gasteiger partial charge on any atom is 0.129 e. The molecular weight excluding hydrogens is 299 g/mol. The van der Waals surface area contributed by atoms with Crippen molar-refractivity contribution < 1.29 is 9.50 Å². The Balaban J connectivity index is 2.49. The highest BCUT2D eigenvalue weighted by atomic mass is 79.9. The molecule has 4 N–H and O–H groups in total. The molecule has 5 heteroatoms. The summed E-state index contributed by atoms with van der Waals surface area (Å²) in [7, 11) is 0. The standard InChI is InChI=1S/C13H20BrFN2O/c14-10-4-5-11(12(15)8-10)13(9-16)17-6-2-1-3-7-18/h4-5,8,13,17-18H,1-3,6-7,9,16H2. The van der Waals surface area contributed by atoms with Crippen LogP contribution in [0.5, 0.6) is 0 Å². The molecule has 0 aliphatic heterocycles. The van der Waals surface area contributed by atoms with Crippen LogP contribution >= 0.6 is 15.9 Å². The minimum absolute atomic E-state index is 0.160. The Morgan fingerprint density at radius 1 is 1.33 bits per heavy atom. The first-order chi connectivity index (χ1) is 8.69. The van der Waals surface area contributed by atoms with Crippen molar-refractivity contribution in [3.63, 3.8) is 0 Å². The lowest BCUT2D eigenvalue weighted by Crippen LogP contribution is -2.29.